The zero-order valence-electron chi connectivity index (χ0n) is 13.8. The molecule has 0 amide bonds. The molecular formula is C18H19I2NO4. The number of hydrogen-bond acceptors (Lipinski definition) is 4. The van der Waals surface area contributed by atoms with Crippen molar-refractivity contribution in [3.05, 3.63) is 48.6 Å². The van der Waals surface area contributed by atoms with Crippen molar-refractivity contribution in [2.24, 2.45) is 5.73 Å². The standard InChI is InChI=1S/C18H19I2NO4/c1-9(2)12-8-11(3-4-16(12)22)25-17-13(19)5-10(6-14(17)20)7-15(21)18(23)24/h3-6,8-9,15,22H,7,21H2,1-2H3,(H,23,24)/t15-/m0/s1. The van der Waals surface area contributed by atoms with Crippen LogP contribution in [0.3, 0.4) is 0 Å². The van der Waals surface area contributed by atoms with Crippen molar-refractivity contribution in [3.63, 3.8) is 0 Å². The number of phenols is 1. The summed E-state index contributed by atoms with van der Waals surface area (Å²) >= 11 is 4.33. The molecule has 2 aromatic rings. The lowest BCUT2D eigenvalue weighted by Crippen LogP contribution is -2.32. The average molecular weight is 567 g/mol. The molecule has 5 nitrogen and oxygen atoms in total. The van der Waals surface area contributed by atoms with Crippen molar-refractivity contribution in [1.29, 1.82) is 0 Å². The Bertz CT molecular complexity index is 770. The predicted octanol–water partition coefficient (Wildman–Crippen LogP) is 4.47. The Labute approximate surface area is 173 Å². The molecule has 0 saturated heterocycles. The first-order chi connectivity index (χ1) is 11.7. The Morgan fingerprint density at radius 3 is 2.32 bits per heavy atom. The zero-order valence-corrected chi connectivity index (χ0v) is 18.1. The van der Waals surface area contributed by atoms with Gasteiger partial charge in [0.25, 0.3) is 0 Å². The number of halogens is 2. The fraction of sp³-hybridized carbons (Fsp3) is 0.278. The van der Waals surface area contributed by atoms with Crippen LogP contribution in [0.25, 0.3) is 0 Å². The largest absolute Gasteiger partial charge is 0.508 e. The number of carboxylic acids is 1. The lowest BCUT2D eigenvalue weighted by Gasteiger charge is -2.15. The highest BCUT2D eigenvalue weighted by atomic mass is 127. The van der Waals surface area contributed by atoms with Gasteiger partial charge in [0.1, 0.15) is 17.5 Å². The maximum Gasteiger partial charge on any atom is 0.320 e. The molecule has 0 aromatic heterocycles. The Morgan fingerprint density at radius 1 is 1.20 bits per heavy atom. The third-order valence-corrected chi connectivity index (χ3v) is 5.27. The highest BCUT2D eigenvalue weighted by Crippen LogP contribution is 2.36. The van der Waals surface area contributed by atoms with E-state index >= 15 is 0 Å². The van der Waals surface area contributed by atoms with E-state index in [2.05, 4.69) is 45.2 Å². The molecule has 0 fully saturated rings. The molecule has 1 atom stereocenters. The van der Waals surface area contributed by atoms with Gasteiger partial charge >= 0.3 is 5.97 Å². The van der Waals surface area contributed by atoms with Crippen molar-refractivity contribution >= 4 is 51.2 Å². The maximum atomic E-state index is 10.9. The van der Waals surface area contributed by atoms with E-state index in [-0.39, 0.29) is 18.1 Å². The van der Waals surface area contributed by atoms with E-state index in [1.54, 1.807) is 12.1 Å². The molecule has 2 aromatic carbocycles. The van der Waals surface area contributed by atoms with Crippen LogP contribution in [0.2, 0.25) is 0 Å². The van der Waals surface area contributed by atoms with Crippen LogP contribution in [-0.4, -0.2) is 22.2 Å². The van der Waals surface area contributed by atoms with Crippen molar-refractivity contribution in [2.75, 3.05) is 0 Å². The minimum absolute atomic E-state index is 0.182. The second kappa shape index (κ2) is 8.54. The molecule has 0 saturated carbocycles. The second-order valence-electron chi connectivity index (χ2n) is 6.01. The van der Waals surface area contributed by atoms with Crippen molar-refractivity contribution in [2.45, 2.75) is 32.2 Å². The summed E-state index contributed by atoms with van der Waals surface area (Å²) in [4.78, 5) is 10.9. The lowest BCUT2D eigenvalue weighted by atomic mass is 10.0. The van der Waals surface area contributed by atoms with Crippen LogP contribution >= 0.6 is 45.2 Å². The maximum absolute atomic E-state index is 10.9. The number of aliphatic carboxylic acids is 1. The summed E-state index contributed by atoms with van der Waals surface area (Å²) in [6.07, 6.45) is 0.262. The van der Waals surface area contributed by atoms with Gasteiger partial charge in [0.05, 0.1) is 7.14 Å². The summed E-state index contributed by atoms with van der Waals surface area (Å²) in [6, 6.07) is 8.02. The van der Waals surface area contributed by atoms with E-state index in [4.69, 9.17) is 15.6 Å². The number of carbonyl (C=O) groups is 1. The van der Waals surface area contributed by atoms with E-state index in [1.807, 2.05) is 32.0 Å². The highest BCUT2D eigenvalue weighted by Gasteiger charge is 2.16. The minimum atomic E-state index is -1.02. The monoisotopic (exact) mass is 567 g/mol. The molecule has 25 heavy (non-hydrogen) atoms. The van der Waals surface area contributed by atoms with Crippen LogP contribution < -0.4 is 10.5 Å². The van der Waals surface area contributed by atoms with Crippen LogP contribution in [0.5, 0.6) is 17.2 Å². The van der Waals surface area contributed by atoms with Gasteiger partial charge in [-0.25, -0.2) is 0 Å². The number of hydrogen-bond donors (Lipinski definition) is 3. The summed E-state index contributed by atoms with van der Waals surface area (Å²) < 4.78 is 7.76. The van der Waals surface area contributed by atoms with E-state index in [0.717, 1.165) is 18.3 Å². The summed E-state index contributed by atoms with van der Waals surface area (Å²) in [7, 11) is 0. The molecule has 4 N–H and O–H groups in total. The minimum Gasteiger partial charge on any atom is -0.508 e. The third-order valence-electron chi connectivity index (χ3n) is 3.67. The van der Waals surface area contributed by atoms with Gasteiger partial charge in [-0.05, 0) is 93.4 Å². The number of aromatic hydroxyl groups is 1. The van der Waals surface area contributed by atoms with Gasteiger partial charge in [-0.15, -0.1) is 0 Å². The van der Waals surface area contributed by atoms with Crippen LogP contribution in [-0.2, 0) is 11.2 Å². The molecule has 0 aliphatic heterocycles. The van der Waals surface area contributed by atoms with Crippen molar-refractivity contribution < 1.29 is 19.7 Å². The molecule has 0 aliphatic rings. The molecule has 0 spiro atoms. The van der Waals surface area contributed by atoms with Gasteiger partial charge in [-0.3, -0.25) is 4.79 Å². The Balaban J connectivity index is 2.29. The fourth-order valence-corrected chi connectivity index (χ4v) is 4.46. The first-order valence-corrected chi connectivity index (χ1v) is 9.81. The Morgan fingerprint density at radius 2 is 1.80 bits per heavy atom. The molecular weight excluding hydrogens is 548 g/mol. The van der Waals surface area contributed by atoms with Crippen molar-refractivity contribution in [1.82, 2.24) is 0 Å². The number of rotatable bonds is 6. The Kier molecular flexibility index (Phi) is 6.92. The number of carboxylic acid groups (broad SMARTS) is 1. The average Bonchev–Trinajstić information content (AvgIpc) is 2.52. The predicted molar refractivity (Wildman–Crippen MR) is 113 cm³/mol. The summed E-state index contributed by atoms with van der Waals surface area (Å²) in [5.74, 6) is 0.767. The summed E-state index contributed by atoms with van der Waals surface area (Å²) in [5.41, 5.74) is 7.29. The first kappa shape index (κ1) is 20.2. The SMILES string of the molecule is CC(C)c1cc(Oc2c(I)cc(C[C@H](N)C(=O)O)cc2I)ccc1O. The van der Waals surface area contributed by atoms with Gasteiger partial charge < -0.3 is 20.7 Å². The summed E-state index contributed by atoms with van der Waals surface area (Å²) in [6.45, 7) is 4.01. The fourth-order valence-electron chi connectivity index (χ4n) is 2.35. The normalized spacial score (nSPS) is 12.2. The van der Waals surface area contributed by atoms with Gasteiger partial charge in [0.15, 0.2) is 5.75 Å². The zero-order chi connectivity index (χ0) is 18.7. The van der Waals surface area contributed by atoms with Crippen LogP contribution in [0.15, 0.2) is 30.3 Å². The molecule has 0 heterocycles. The molecule has 0 radical (unpaired) electrons. The number of benzene rings is 2. The van der Waals surface area contributed by atoms with E-state index < -0.39 is 12.0 Å². The van der Waals surface area contributed by atoms with E-state index in [1.165, 1.54) is 0 Å². The molecule has 2 rings (SSSR count). The third kappa shape index (κ3) is 5.20. The first-order valence-electron chi connectivity index (χ1n) is 7.66. The van der Waals surface area contributed by atoms with Crippen LogP contribution in [0.1, 0.15) is 30.9 Å². The summed E-state index contributed by atoms with van der Waals surface area (Å²) in [5, 5.41) is 18.9. The quantitative estimate of drug-likeness (QED) is 0.449. The van der Waals surface area contributed by atoms with Crippen LogP contribution in [0.4, 0.5) is 0 Å². The molecule has 134 valence electrons. The highest BCUT2D eigenvalue weighted by molar-refractivity contribution is 14.1. The molecule has 0 aliphatic carbocycles. The molecule has 0 unspecified atom stereocenters. The topological polar surface area (TPSA) is 92.8 Å². The Hall–Kier alpha value is -1.07. The lowest BCUT2D eigenvalue weighted by molar-refractivity contribution is -0.138. The van der Waals surface area contributed by atoms with Gasteiger partial charge in [-0.2, -0.15) is 0 Å². The smallest absolute Gasteiger partial charge is 0.320 e. The number of ether oxygens (including phenoxy) is 1. The van der Waals surface area contributed by atoms with Gasteiger partial charge in [0, 0.05) is 5.56 Å². The van der Waals surface area contributed by atoms with Crippen molar-refractivity contribution in [3.8, 4) is 17.2 Å². The molecule has 7 heteroatoms. The van der Waals surface area contributed by atoms with Gasteiger partial charge in [0.2, 0.25) is 0 Å². The van der Waals surface area contributed by atoms with Crippen LogP contribution in [0, 0.1) is 7.14 Å². The second-order valence-corrected chi connectivity index (χ2v) is 8.34. The molecule has 0 bridgehead atoms. The number of phenolic OH excluding ortho intramolecular Hbond substituents is 1. The van der Waals surface area contributed by atoms with E-state index in [9.17, 15) is 9.90 Å². The number of nitrogens with two attached hydrogens (primary N) is 1. The van der Waals surface area contributed by atoms with E-state index in [0.29, 0.717) is 11.5 Å². The van der Waals surface area contributed by atoms with Gasteiger partial charge in [-0.1, -0.05) is 13.8 Å².